The minimum atomic E-state index is 0.256. The summed E-state index contributed by atoms with van der Waals surface area (Å²) in [5.74, 6) is 0.945. The van der Waals surface area contributed by atoms with Gasteiger partial charge < -0.3 is 10.6 Å². The molecule has 1 atom stereocenters. The highest BCUT2D eigenvalue weighted by Gasteiger charge is 2.22. The van der Waals surface area contributed by atoms with Crippen molar-refractivity contribution in [3.8, 4) is 0 Å². The van der Waals surface area contributed by atoms with Gasteiger partial charge in [-0.2, -0.15) is 0 Å². The maximum atomic E-state index is 12.3. The van der Waals surface area contributed by atoms with Crippen LogP contribution in [0.3, 0.4) is 0 Å². The van der Waals surface area contributed by atoms with Crippen LogP contribution in [0.4, 0.5) is 0 Å². The molecule has 3 nitrogen and oxygen atoms in total. The molecule has 0 aromatic heterocycles. The van der Waals surface area contributed by atoms with Crippen molar-refractivity contribution in [1.29, 1.82) is 0 Å². The van der Waals surface area contributed by atoms with Gasteiger partial charge in [-0.05, 0) is 24.3 Å². The van der Waals surface area contributed by atoms with Gasteiger partial charge in [-0.1, -0.05) is 56.2 Å². The Labute approximate surface area is 132 Å². The van der Waals surface area contributed by atoms with E-state index in [2.05, 4.69) is 6.92 Å². The summed E-state index contributed by atoms with van der Waals surface area (Å²) in [5.41, 5.74) is 7.71. The van der Waals surface area contributed by atoms with Gasteiger partial charge in [0.05, 0.1) is 0 Å². The Morgan fingerprint density at radius 1 is 1.38 bits per heavy atom. The number of rotatable bonds is 5. The molecule has 0 saturated carbocycles. The van der Waals surface area contributed by atoms with Gasteiger partial charge in [0.25, 0.3) is 0 Å². The Morgan fingerprint density at radius 3 is 2.86 bits per heavy atom. The first-order valence-electron chi connectivity index (χ1n) is 7.77. The van der Waals surface area contributed by atoms with Gasteiger partial charge in [-0.15, -0.1) is 0 Å². The number of likely N-dealkylation sites (tertiary alicyclic amines) is 1. The molecule has 1 saturated heterocycles. The summed E-state index contributed by atoms with van der Waals surface area (Å²) in [5, 5.41) is 0. The van der Waals surface area contributed by atoms with Crippen molar-refractivity contribution in [3.05, 3.63) is 35.4 Å². The number of nitrogens with two attached hydrogens (primary N) is 1. The van der Waals surface area contributed by atoms with E-state index in [4.69, 9.17) is 18.0 Å². The van der Waals surface area contributed by atoms with Gasteiger partial charge >= 0.3 is 0 Å². The van der Waals surface area contributed by atoms with E-state index in [-0.39, 0.29) is 5.91 Å². The molecule has 1 aliphatic heterocycles. The van der Waals surface area contributed by atoms with Gasteiger partial charge in [0.1, 0.15) is 4.99 Å². The predicted octanol–water partition coefficient (Wildman–Crippen LogP) is 3.25. The number of hydrogen-bond donors (Lipinski definition) is 1. The van der Waals surface area contributed by atoms with Crippen molar-refractivity contribution in [3.63, 3.8) is 0 Å². The maximum Gasteiger partial charge on any atom is 0.222 e. The fourth-order valence-corrected chi connectivity index (χ4v) is 3.26. The fourth-order valence-electron chi connectivity index (χ4n) is 3.06. The SMILES string of the molecule is CCCC1CCC(=O)N(Cc2ccccc2C(N)=S)CC1. The number of benzene rings is 1. The summed E-state index contributed by atoms with van der Waals surface area (Å²) in [6, 6.07) is 7.84. The second kappa shape index (κ2) is 7.55. The highest BCUT2D eigenvalue weighted by Crippen LogP contribution is 2.24. The van der Waals surface area contributed by atoms with Crippen LogP contribution in [0.15, 0.2) is 24.3 Å². The van der Waals surface area contributed by atoms with Crippen molar-refractivity contribution in [1.82, 2.24) is 4.90 Å². The molecule has 114 valence electrons. The maximum absolute atomic E-state index is 12.3. The van der Waals surface area contributed by atoms with Crippen molar-refractivity contribution in [2.45, 2.75) is 45.6 Å². The van der Waals surface area contributed by atoms with Crippen LogP contribution in [0, 0.1) is 5.92 Å². The van der Waals surface area contributed by atoms with Gasteiger partial charge in [0, 0.05) is 25.1 Å². The van der Waals surface area contributed by atoms with Crippen molar-refractivity contribution >= 4 is 23.1 Å². The smallest absolute Gasteiger partial charge is 0.222 e. The molecule has 1 aliphatic rings. The summed E-state index contributed by atoms with van der Waals surface area (Å²) < 4.78 is 0. The lowest BCUT2D eigenvalue weighted by Gasteiger charge is -2.22. The Bertz CT molecular complexity index is 515. The van der Waals surface area contributed by atoms with Crippen LogP contribution in [0.2, 0.25) is 0 Å². The molecule has 2 N–H and O–H groups in total. The van der Waals surface area contributed by atoms with E-state index in [9.17, 15) is 4.79 Å². The van der Waals surface area contributed by atoms with Crippen LogP contribution in [-0.4, -0.2) is 22.3 Å². The quantitative estimate of drug-likeness (QED) is 0.849. The number of thiocarbonyl (C=S) groups is 1. The second-order valence-electron chi connectivity index (χ2n) is 5.82. The van der Waals surface area contributed by atoms with Crippen LogP contribution in [0.25, 0.3) is 0 Å². The number of amides is 1. The van der Waals surface area contributed by atoms with E-state index in [1.165, 1.54) is 12.8 Å². The first-order valence-corrected chi connectivity index (χ1v) is 8.18. The minimum absolute atomic E-state index is 0.256. The van der Waals surface area contributed by atoms with E-state index < -0.39 is 0 Å². The monoisotopic (exact) mass is 304 g/mol. The summed E-state index contributed by atoms with van der Waals surface area (Å²) in [6.45, 7) is 3.67. The van der Waals surface area contributed by atoms with Crippen molar-refractivity contribution in [2.24, 2.45) is 11.7 Å². The van der Waals surface area contributed by atoms with Gasteiger partial charge in [-0.25, -0.2) is 0 Å². The first-order chi connectivity index (χ1) is 10.1. The zero-order valence-electron chi connectivity index (χ0n) is 12.7. The van der Waals surface area contributed by atoms with Crippen LogP contribution >= 0.6 is 12.2 Å². The summed E-state index contributed by atoms with van der Waals surface area (Å²) in [4.78, 5) is 14.7. The van der Waals surface area contributed by atoms with E-state index in [1.54, 1.807) is 0 Å². The Hall–Kier alpha value is -1.42. The molecule has 4 heteroatoms. The third kappa shape index (κ3) is 4.27. The number of hydrogen-bond acceptors (Lipinski definition) is 2. The normalized spacial score (nSPS) is 19.4. The van der Waals surface area contributed by atoms with Gasteiger partial charge in [-0.3, -0.25) is 4.79 Å². The molecule has 0 aliphatic carbocycles. The topological polar surface area (TPSA) is 46.3 Å². The van der Waals surface area contributed by atoms with Crippen LogP contribution in [0.1, 0.15) is 50.2 Å². The highest BCUT2D eigenvalue weighted by atomic mass is 32.1. The standard InChI is InChI=1S/C17H24N2OS/c1-2-5-13-8-9-16(20)19(11-10-13)12-14-6-3-4-7-15(14)17(18)21/h3-4,6-7,13H,2,5,8-12H2,1H3,(H2,18,21). The molecular formula is C17H24N2OS. The third-order valence-corrected chi connectivity index (χ3v) is 4.49. The lowest BCUT2D eigenvalue weighted by atomic mass is 9.96. The van der Waals surface area contributed by atoms with Crippen LogP contribution in [-0.2, 0) is 11.3 Å². The van der Waals surface area contributed by atoms with E-state index in [1.807, 2.05) is 29.2 Å². The molecule has 1 fully saturated rings. The number of carbonyl (C=O) groups excluding carboxylic acids is 1. The molecule has 1 amide bonds. The molecular weight excluding hydrogens is 280 g/mol. The molecule has 1 heterocycles. The average molecular weight is 304 g/mol. The van der Waals surface area contributed by atoms with Gasteiger partial charge in [0.15, 0.2) is 0 Å². The molecule has 1 unspecified atom stereocenters. The average Bonchev–Trinajstić information content (AvgIpc) is 2.64. The molecule has 0 radical (unpaired) electrons. The third-order valence-electron chi connectivity index (χ3n) is 4.27. The van der Waals surface area contributed by atoms with Crippen molar-refractivity contribution < 1.29 is 4.79 Å². The van der Waals surface area contributed by atoms with Crippen LogP contribution in [0.5, 0.6) is 0 Å². The summed E-state index contributed by atoms with van der Waals surface area (Å²) in [6.07, 6.45) is 5.22. The van der Waals surface area contributed by atoms with Crippen molar-refractivity contribution in [2.75, 3.05) is 6.54 Å². The summed E-state index contributed by atoms with van der Waals surface area (Å²) in [7, 11) is 0. The van der Waals surface area contributed by atoms with E-state index in [0.29, 0.717) is 23.9 Å². The molecule has 2 rings (SSSR count). The highest BCUT2D eigenvalue weighted by molar-refractivity contribution is 7.80. The fraction of sp³-hybridized carbons (Fsp3) is 0.529. The largest absolute Gasteiger partial charge is 0.389 e. The number of nitrogens with zero attached hydrogens (tertiary/aromatic N) is 1. The van der Waals surface area contributed by atoms with Gasteiger partial charge in [0.2, 0.25) is 5.91 Å². The second-order valence-corrected chi connectivity index (χ2v) is 6.26. The Balaban J connectivity index is 2.08. The van der Waals surface area contributed by atoms with Crippen LogP contribution < -0.4 is 5.73 Å². The first kappa shape index (κ1) is 16.0. The molecule has 0 spiro atoms. The zero-order chi connectivity index (χ0) is 15.2. The summed E-state index contributed by atoms with van der Waals surface area (Å²) >= 11 is 5.10. The lowest BCUT2D eigenvalue weighted by Crippen LogP contribution is -2.30. The molecule has 1 aromatic carbocycles. The van der Waals surface area contributed by atoms with E-state index >= 15 is 0 Å². The van der Waals surface area contributed by atoms with E-state index in [0.717, 1.165) is 30.5 Å². The number of carbonyl (C=O) groups is 1. The minimum Gasteiger partial charge on any atom is -0.389 e. The Morgan fingerprint density at radius 2 is 2.14 bits per heavy atom. The molecule has 1 aromatic rings. The zero-order valence-corrected chi connectivity index (χ0v) is 13.5. The molecule has 21 heavy (non-hydrogen) atoms. The Kier molecular flexibility index (Phi) is 5.74. The predicted molar refractivity (Wildman–Crippen MR) is 90.0 cm³/mol. The molecule has 0 bridgehead atoms. The lowest BCUT2D eigenvalue weighted by molar-refractivity contribution is -0.131.